The molecular formula is C13H17N3S. The molecule has 0 saturated heterocycles. The molecule has 0 spiro atoms. The maximum atomic E-state index is 4.25. The molecule has 2 aromatic rings. The van der Waals surface area contributed by atoms with Gasteiger partial charge in [0.15, 0.2) is 0 Å². The zero-order chi connectivity index (χ0) is 12.4. The van der Waals surface area contributed by atoms with E-state index in [0.29, 0.717) is 0 Å². The number of aromatic nitrogens is 2. The van der Waals surface area contributed by atoms with Gasteiger partial charge in [0.2, 0.25) is 0 Å². The highest BCUT2D eigenvalue weighted by Crippen LogP contribution is 2.27. The van der Waals surface area contributed by atoms with Gasteiger partial charge in [0, 0.05) is 5.56 Å². The van der Waals surface area contributed by atoms with E-state index >= 15 is 0 Å². The van der Waals surface area contributed by atoms with Crippen LogP contribution >= 0.6 is 11.3 Å². The number of benzene rings is 1. The maximum Gasteiger partial charge on any atom is 0.147 e. The number of nitrogens with zero attached hydrogens (tertiary/aromatic N) is 2. The second kappa shape index (κ2) is 4.94. The third kappa shape index (κ3) is 2.53. The Hall–Kier alpha value is -1.26. The summed E-state index contributed by atoms with van der Waals surface area (Å²) >= 11 is 1.65. The van der Waals surface area contributed by atoms with Gasteiger partial charge in [0.25, 0.3) is 0 Å². The Morgan fingerprint density at radius 2 is 1.94 bits per heavy atom. The van der Waals surface area contributed by atoms with Crippen molar-refractivity contribution in [3.63, 3.8) is 0 Å². The van der Waals surface area contributed by atoms with Gasteiger partial charge in [0.1, 0.15) is 10.0 Å². The SMILES string of the molecule is CNC(C)c1nnc(-c2ccc(C)c(C)c2)s1. The van der Waals surface area contributed by atoms with E-state index in [0.717, 1.165) is 15.6 Å². The second-order valence-corrected chi connectivity index (χ2v) is 5.26. The average Bonchev–Trinajstić information content (AvgIpc) is 2.81. The molecule has 1 aromatic heterocycles. The first-order chi connectivity index (χ1) is 8.11. The van der Waals surface area contributed by atoms with E-state index in [1.807, 2.05) is 7.05 Å². The third-order valence-electron chi connectivity index (χ3n) is 3.00. The summed E-state index contributed by atoms with van der Waals surface area (Å²) in [6.45, 7) is 6.33. The fraction of sp³-hybridized carbons (Fsp3) is 0.385. The van der Waals surface area contributed by atoms with Crippen molar-refractivity contribution >= 4 is 11.3 Å². The highest BCUT2D eigenvalue weighted by molar-refractivity contribution is 7.14. The van der Waals surface area contributed by atoms with Crippen molar-refractivity contribution in [3.8, 4) is 10.6 Å². The lowest BCUT2D eigenvalue weighted by Crippen LogP contribution is -2.11. The lowest BCUT2D eigenvalue weighted by atomic mass is 10.1. The zero-order valence-corrected chi connectivity index (χ0v) is 11.4. The Kier molecular flexibility index (Phi) is 3.54. The van der Waals surface area contributed by atoms with Gasteiger partial charge < -0.3 is 5.32 Å². The van der Waals surface area contributed by atoms with E-state index in [1.165, 1.54) is 11.1 Å². The van der Waals surface area contributed by atoms with Crippen LogP contribution in [0.15, 0.2) is 18.2 Å². The van der Waals surface area contributed by atoms with Gasteiger partial charge >= 0.3 is 0 Å². The van der Waals surface area contributed by atoms with Gasteiger partial charge in [-0.3, -0.25) is 0 Å². The van der Waals surface area contributed by atoms with Crippen molar-refractivity contribution in [3.05, 3.63) is 34.3 Å². The largest absolute Gasteiger partial charge is 0.311 e. The van der Waals surface area contributed by atoms with Crippen LogP contribution in [0.25, 0.3) is 10.6 Å². The molecule has 17 heavy (non-hydrogen) atoms. The van der Waals surface area contributed by atoms with E-state index in [1.54, 1.807) is 11.3 Å². The van der Waals surface area contributed by atoms with Crippen LogP contribution < -0.4 is 5.32 Å². The minimum Gasteiger partial charge on any atom is -0.311 e. The van der Waals surface area contributed by atoms with E-state index < -0.39 is 0 Å². The number of hydrogen-bond acceptors (Lipinski definition) is 4. The van der Waals surface area contributed by atoms with Crippen LogP contribution in [0.4, 0.5) is 0 Å². The summed E-state index contributed by atoms with van der Waals surface area (Å²) in [5.41, 5.74) is 3.75. The average molecular weight is 247 g/mol. The van der Waals surface area contributed by atoms with Crippen molar-refractivity contribution in [2.24, 2.45) is 0 Å². The highest BCUT2D eigenvalue weighted by Gasteiger charge is 2.11. The molecular weight excluding hydrogens is 230 g/mol. The molecule has 3 nitrogen and oxygen atoms in total. The van der Waals surface area contributed by atoms with Gasteiger partial charge in [-0.2, -0.15) is 0 Å². The Bertz CT molecular complexity index is 519. The van der Waals surface area contributed by atoms with Crippen molar-refractivity contribution < 1.29 is 0 Å². The van der Waals surface area contributed by atoms with E-state index in [4.69, 9.17) is 0 Å². The molecule has 2 rings (SSSR count). The molecule has 1 heterocycles. The topological polar surface area (TPSA) is 37.8 Å². The van der Waals surface area contributed by atoms with Gasteiger partial charge in [0.05, 0.1) is 6.04 Å². The Balaban J connectivity index is 2.33. The Morgan fingerprint density at radius 3 is 2.59 bits per heavy atom. The number of rotatable bonds is 3. The summed E-state index contributed by atoms with van der Waals surface area (Å²) in [5, 5.41) is 13.7. The molecule has 1 N–H and O–H groups in total. The third-order valence-corrected chi connectivity index (χ3v) is 4.15. The smallest absolute Gasteiger partial charge is 0.147 e. The number of nitrogens with one attached hydrogen (secondary N) is 1. The minimum absolute atomic E-state index is 0.257. The molecule has 0 radical (unpaired) electrons. The first kappa shape index (κ1) is 12.2. The molecule has 1 atom stereocenters. The molecule has 0 aliphatic rings. The highest BCUT2D eigenvalue weighted by atomic mass is 32.1. The van der Waals surface area contributed by atoms with Crippen LogP contribution in [0.1, 0.15) is 29.1 Å². The molecule has 4 heteroatoms. The van der Waals surface area contributed by atoms with Crippen LogP contribution in [0.3, 0.4) is 0 Å². The molecule has 90 valence electrons. The summed E-state index contributed by atoms with van der Waals surface area (Å²) in [6.07, 6.45) is 0. The fourth-order valence-corrected chi connectivity index (χ4v) is 2.42. The van der Waals surface area contributed by atoms with Crippen LogP contribution in [0.5, 0.6) is 0 Å². The quantitative estimate of drug-likeness (QED) is 0.905. The molecule has 0 aliphatic heterocycles. The summed E-state index contributed by atoms with van der Waals surface area (Å²) in [4.78, 5) is 0. The van der Waals surface area contributed by atoms with Crippen LogP contribution in [0.2, 0.25) is 0 Å². The fourth-order valence-electron chi connectivity index (χ4n) is 1.52. The Morgan fingerprint density at radius 1 is 1.18 bits per heavy atom. The molecule has 0 bridgehead atoms. The molecule has 1 unspecified atom stereocenters. The van der Waals surface area contributed by atoms with Gasteiger partial charge in [-0.25, -0.2) is 0 Å². The lowest BCUT2D eigenvalue weighted by molar-refractivity contribution is 0.640. The van der Waals surface area contributed by atoms with Gasteiger partial charge in [-0.05, 0) is 45.0 Å². The summed E-state index contributed by atoms with van der Waals surface area (Å²) in [6, 6.07) is 6.67. The van der Waals surface area contributed by atoms with Crippen LogP contribution in [0, 0.1) is 13.8 Å². The van der Waals surface area contributed by atoms with E-state index in [9.17, 15) is 0 Å². The van der Waals surface area contributed by atoms with Crippen molar-refractivity contribution in [1.29, 1.82) is 0 Å². The monoisotopic (exact) mass is 247 g/mol. The van der Waals surface area contributed by atoms with E-state index in [2.05, 4.69) is 54.5 Å². The first-order valence-corrected chi connectivity index (χ1v) is 6.51. The summed E-state index contributed by atoms with van der Waals surface area (Å²) in [5.74, 6) is 0. The van der Waals surface area contributed by atoms with Crippen molar-refractivity contribution in [2.45, 2.75) is 26.8 Å². The molecule has 0 amide bonds. The Labute approximate surface area is 106 Å². The van der Waals surface area contributed by atoms with Crippen molar-refractivity contribution in [2.75, 3.05) is 7.05 Å². The predicted octanol–water partition coefficient (Wildman–Crippen LogP) is 3.10. The molecule has 0 fully saturated rings. The zero-order valence-electron chi connectivity index (χ0n) is 10.6. The summed E-state index contributed by atoms with van der Waals surface area (Å²) in [7, 11) is 1.93. The number of aryl methyl sites for hydroxylation is 2. The van der Waals surface area contributed by atoms with Crippen LogP contribution in [-0.4, -0.2) is 17.2 Å². The van der Waals surface area contributed by atoms with E-state index in [-0.39, 0.29) is 6.04 Å². The van der Waals surface area contributed by atoms with Crippen molar-refractivity contribution in [1.82, 2.24) is 15.5 Å². The predicted molar refractivity (Wildman–Crippen MR) is 72.3 cm³/mol. The van der Waals surface area contributed by atoms with Gasteiger partial charge in [-0.1, -0.05) is 23.5 Å². The van der Waals surface area contributed by atoms with Gasteiger partial charge in [-0.15, -0.1) is 10.2 Å². The maximum absolute atomic E-state index is 4.25. The standard InChI is InChI=1S/C13H17N3S/c1-8-5-6-11(7-9(8)2)13-16-15-12(17-13)10(3)14-4/h5-7,10,14H,1-4H3. The number of hydrogen-bond donors (Lipinski definition) is 1. The van der Waals surface area contributed by atoms with Crippen LogP contribution in [-0.2, 0) is 0 Å². The molecule has 0 aliphatic carbocycles. The summed E-state index contributed by atoms with van der Waals surface area (Å²) < 4.78 is 0. The lowest BCUT2D eigenvalue weighted by Gasteiger charge is -2.03. The minimum atomic E-state index is 0.257. The first-order valence-electron chi connectivity index (χ1n) is 5.70. The normalized spacial score (nSPS) is 12.7. The second-order valence-electron chi connectivity index (χ2n) is 4.25. The molecule has 0 saturated carbocycles. The molecule has 1 aromatic carbocycles.